The Kier molecular flexibility index (Phi) is 3.27. The summed E-state index contributed by atoms with van der Waals surface area (Å²) in [7, 11) is 1.93. The van der Waals surface area contributed by atoms with Crippen LogP contribution in [-0.4, -0.2) is 7.05 Å². The van der Waals surface area contributed by atoms with Crippen LogP contribution in [0.5, 0.6) is 0 Å². The summed E-state index contributed by atoms with van der Waals surface area (Å²) in [4.78, 5) is 1.97. The number of anilines is 2. The molecule has 0 aliphatic carbocycles. The number of nitrogens with zero attached hydrogens (tertiary/aromatic N) is 3. The van der Waals surface area contributed by atoms with Crippen LogP contribution in [-0.2, 0) is 0 Å². The molecule has 0 spiro atoms. The Hall–Kier alpha value is -2.78. The van der Waals surface area contributed by atoms with Crippen LogP contribution in [0.15, 0.2) is 48.5 Å². The molecule has 0 aliphatic rings. The average Bonchev–Trinajstić information content (AvgIpc) is 2.46. The number of benzene rings is 2. The Bertz CT molecular complexity index is 630. The van der Waals surface area contributed by atoms with E-state index in [1.807, 2.05) is 42.3 Å². The standard InChI is InChI=1S/C15H11N3/c1-18(14-7-5-12(10-16)6-8-14)15-4-2-3-13(9-15)11-17/h2-9H,1H3. The second-order valence-corrected chi connectivity index (χ2v) is 3.88. The van der Waals surface area contributed by atoms with Gasteiger partial charge < -0.3 is 4.90 Å². The molecule has 0 saturated carbocycles. The lowest BCUT2D eigenvalue weighted by molar-refractivity contribution is 1.20. The van der Waals surface area contributed by atoms with Crippen LogP contribution in [0, 0.1) is 22.7 Å². The van der Waals surface area contributed by atoms with Gasteiger partial charge in [0, 0.05) is 18.4 Å². The molecule has 0 amide bonds. The topological polar surface area (TPSA) is 50.8 Å². The van der Waals surface area contributed by atoms with Crippen molar-refractivity contribution >= 4 is 11.4 Å². The van der Waals surface area contributed by atoms with Crippen molar-refractivity contribution in [2.75, 3.05) is 11.9 Å². The van der Waals surface area contributed by atoms with Crippen molar-refractivity contribution < 1.29 is 0 Å². The zero-order chi connectivity index (χ0) is 13.0. The number of nitriles is 2. The van der Waals surface area contributed by atoms with E-state index < -0.39 is 0 Å². The molecule has 0 aromatic heterocycles. The fraction of sp³-hybridized carbons (Fsp3) is 0.0667. The van der Waals surface area contributed by atoms with Gasteiger partial charge in [0.05, 0.1) is 23.3 Å². The van der Waals surface area contributed by atoms with Crippen molar-refractivity contribution in [1.29, 1.82) is 10.5 Å². The molecular weight excluding hydrogens is 222 g/mol. The zero-order valence-corrected chi connectivity index (χ0v) is 9.96. The molecule has 0 saturated heterocycles. The van der Waals surface area contributed by atoms with Crippen LogP contribution in [0.3, 0.4) is 0 Å². The van der Waals surface area contributed by atoms with Crippen LogP contribution in [0.25, 0.3) is 0 Å². The second-order valence-electron chi connectivity index (χ2n) is 3.88. The first-order valence-corrected chi connectivity index (χ1v) is 5.48. The van der Waals surface area contributed by atoms with Gasteiger partial charge in [-0.1, -0.05) is 6.07 Å². The van der Waals surface area contributed by atoms with E-state index in [1.165, 1.54) is 0 Å². The van der Waals surface area contributed by atoms with Crippen molar-refractivity contribution in [3.63, 3.8) is 0 Å². The highest BCUT2D eigenvalue weighted by atomic mass is 15.1. The summed E-state index contributed by atoms with van der Waals surface area (Å²) in [6.45, 7) is 0. The van der Waals surface area contributed by atoms with E-state index in [9.17, 15) is 0 Å². The van der Waals surface area contributed by atoms with E-state index >= 15 is 0 Å². The Labute approximate surface area is 106 Å². The molecule has 18 heavy (non-hydrogen) atoms. The van der Waals surface area contributed by atoms with Gasteiger partial charge in [0.2, 0.25) is 0 Å². The summed E-state index contributed by atoms with van der Waals surface area (Å²) in [5, 5.41) is 17.6. The van der Waals surface area contributed by atoms with E-state index in [1.54, 1.807) is 18.2 Å². The Balaban J connectivity index is 2.32. The van der Waals surface area contributed by atoms with Crippen LogP contribution in [0.4, 0.5) is 11.4 Å². The summed E-state index contributed by atoms with van der Waals surface area (Å²) in [5.74, 6) is 0. The summed E-state index contributed by atoms with van der Waals surface area (Å²) in [5.41, 5.74) is 3.19. The third-order valence-electron chi connectivity index (χ3n) is 2.75. The molecule has 3 nitrogen and oxygen atoms in total. The fourth-order valence-electron chi connectivity index (χ4n) is 1.69. The Morgan fingerprint density at radius 3 is 2.11 bits per heavy atom. The molecule has 0 N–H and O–H groups in total. The lowest BCUT2D eigenvalue weighted by atomic mass is 10.1. The van der Waals surface area contributed by atoms with E-state index in [0.717, 1.165) is 11.4 Å². The minimum Gasteiger partial charge on any atom is -0.345 e. The van der Waals surface area contributed by atoms with Crippen LogP contribution >= 0.6 is 0 Å². The van der Waals surface area contributed by atoms with Gasteiger partial charge in [-0.3, -0.25) is 0 Å². The quantitative estimate of drug-likeness (QED) is 0.800. The van der Waals surface area contributed by atoms with Gasteiger partial charge in [0.25, 0.3) is 0 Å². The van der Waals surface area contributed by atoms with Gasteiger partial charge in [-0.2, -0.15) is 10.5 Å². The first-order chi connectivity index (χ1) is 8.74. The Morgan fingerprint density at radius 2 is 1.50 bits per heavy atom. The fourth-order valence-corrected chi connectivity index (χ4v) is 1.69. The second kappa shape index (κ2) is 5.03. The first kappa shape index (κ1) is 11.7. The molecule has 0 heterocycles. The number of hydrogen-bond donors (Lipinski definition) is 0. The van der Waals surface area contributed by atoms with Gasteiger partial charge >= 0.3 is 0 Å². The predicted molar refractivity (Wildman–Crippen MR) is 70.4 cm³/mol. The van der Waals surface area contributed by atoms with Gasteiger partial charge in [-0.15, -0.1) is 0 Å². The normalized spacial score (nSPS) is 9.28. The maximum atomic E-state index is 8.88. The van der Waals surface area contributed by atoms with Crippen LogP contribution in [0.1, 0.15) is 11.1 Å². The highest BCUT2D eigenvalue weighted by molar-refractivity contribution is 5.64. The van der Waals surface area contributed by atoms with Gasteiger partial charge in [-0.05, 0) is 42.5 Å². The van der Waals surface area contributed by atoms with Crippen molar-refractivity contribution in [1.82, 2.24) is 0 Å². The average molecular weight is 233 g/mol. The molecule has 3 heteroatoms. The maximum Gasteiger partial charge on any atom is 0.0992 e. The lowest BCUT2D eigenvalue weighted by Crippen LogP contribution is -2.09. The number of hydrogen-bond acceptors (Lipinski definition) is 3. The molecule has 0 fully saturated rings. The first-order valence-electron chi connectivity index (χ1n) is 5.48. The largest absolute Gasteiger partial charge is 0.345 e. The highest BCUT2D eigenvalue weighted by Crippen LogP contribution is 2.24. The van der Waals surface area contributed by atoms with E-state index in [-0.39, 0.29) is 0 Å². The van der Waals surface area contributed by atoms with Crippen molar-refractivity contribution in [2.24, 2.45) is 0 Å². The zero-order valence-electron chi connectivity index (χ0n) is 9.96. The summed E-state index contributed by atoms with van der Waals surface area (Å²) in [6, 6.07) is 18.9. The van der Waals surface area contributed by atoms with E-state index in [4.69, 9.17) is 10.5 Å². The van der Waals surface area contributed by atoms with E-state index in [2.05, 4.69) is 12.1 Å². The molecular formula is C15H11N3. The molecule has 2 aromatic rings. The molecule has 2 aromatic carbocycles. The van der Waals surface area contributed by atoms with Crippen molar-refractivity contribution in [3.05, 3.63) is 59.7 Å². The molecule has 0 radical (unpaired) electrons. The van der Waals surface area contributed by atoms with Gasteiger partial charge in [0.15, 0.2) is 0 Å². The Morgan fingerprint density at radius 1 is 0.833 bits per heavy atom. The summed E-state index contributed by atoms with van der Waals surface area (Å²) < 4.78 is 0. The maximum absolute atomic E-state index is 8.88. The lowest BCUT2D eigenvalue weighted by Gasteiger charge is -2.19. The van der Waals surface area contributed by atoms with Gasteiger partial charge in [-0.25, -0.2) is 0 Å². The third kappa shape index (κ3) is 2.31. The monoisotopic (exact) mass is 233 g/mol. The third-order valence-corrected chi connectivity index (χ3v) is 2.75. The molecule has 86 valence electrons. The summed E-state index contributed by atoms with van der Waals surface area (Å²) >= 11 is 0. The molecule has 0 bridgehead atoms. The number of rotatable bonds is 2. The molecule has 0 aliphatic heterocycles. The smallest absolute Gasteiger partial charge is 0.0992 e. The van der Waals surface area contributed by atoms with Crippen LogP contribution in [0.2, 0.25) is 0 Å². The SMILES string of the molecule is CN(c1ccc(C#N)cc1)c1cccc(C#N)c1. The highest BCUT2D eigenvalue weighted by Gasteiger charge is 2.04. The molecule has 2 rings (SSSR count). The molecule has 0 unspecified atom stereocenters. The summed E-state index contributed by atoms with van der Waals surface area (Å²) in [6.07, 6.45) is 0. The van der Waals surface area contributed by atoms with Crippen molar-refractivity contribution in [3.8, 4) is 12.1 Å². The predicted octanol–water partition coefficient (Wildman–Crippen LogP) is 3.20. The minimum absolute atomic E-state index is 0.632. The van der Waals surface area contributed by atoms with Crippen LogP contribution < -0.4 is 4.90 Å². The van der Waals surface area contributed by atoms with E-state index in [0.29, 0.717) is 11.1 Å². The molecule has 0 atom stereocenters. The van der Waals surface area contributed by atoms with Crippen molar-refractivity contribution in [2.45, 2.75) is 0 Å². The van der Waals surface area contributed by atoms with Gasteiger partial charge in [0.1, 0.15) is 0 Å². The minimum atomic E-state index is 0.632.